The molecule has 8 nitrogen and oxygen atoms in total. The lowest BCUT2D eigenvalue weighted by Gasteiger charge is -2.15. The number of aromatic nitrogens is 6. The molecule has 2 aromatic heterocycles. The van der Waals surface area contributed by atoms with Crippen LogP contribution in [0, 0.1) is 0 Å². The van der Waals surface area contributed by atoms with Crippen molar-refractivity contribution in [2.75, 3.05) is 5.32 Å². The summed E-state index contributed by atoms with van der Waals surface area (Å²) in [7, 11) is 0. The highest BCUT2D eigenvalue weighted by Gasteiger charge is 2.34. The zero-order valence-corrected chi connectivity index (χ0v) is 14.6. The summed E-state index contributed by atoms with van der Waals surface area (Å²) < 4.78 is 43.0. The third-order valence-corrected chi connectivity index (χ3v) is 4.02. The summed E-state index contributed by atoms with van der Waals surface area (Å²) in [6, 6.07) is 9.91. The van der Waals surface area contributed by atoms with Gasteiger partial charge in [-0.25, -0.2) is 14.3 Å². The molecule has 29 heavy (non-hydrogen) atoms. The first kappa shape index (κ1) is 18.3. The zero-order chi connectivity index (χ0) is 20.4. The number of halogens is 3. The summed E-state index contributed by atoms with van der Waals surface area (Å²) in [4.78, 5) is 16.2. The highest BCUT2D eigenvalue weighted by molar-refractivity contribution is 6.04. The fourth-order valence-corrected chi connectivity index (χ4v) is 2.71. The van der Waals surface area contributed by atoms with Gasteiger partial charge in [0.25, 0.3) is 5.91 Å². The Morgan fingerprint density at radius 2 is 1.93 bits per heavy atom. The maximum atomic E-state index is 13.5. The monoisotopic (exact) mass is 399 g/mol. The van der Waals surface area contributed by atoms with E-state index in [4.69, 9.17) is 0 Å². The summed E-state index contributed by atoms with van der Waals surface area (Å²) in [6.07, 6.45) is 0.753. The van der Waals surface area contributed by atoms with Gasteiger partial charge in [0.15, 0.2) is 0 Å². The van der Waals surface area contributed by atoms with Crippen LogP contribution in [-0.2, 0) is 6.18 Å². The first-order valence-electron chi connectivity index (χ1n) is 8.26. The van der Waals surface area contributed by atoms with E-state index in [2.05, 4.69) is 25.7 Å². The van der Waals surface area contributed by atoms with E-state index in [1.165, 1.54) is 29.3 Å². The van der Waals surface area contributed by atoms with E-state index in [0.717, 1.165) is 17.1 Å². The van der Waals surface area contributed by atoms with Crippen molar-refractivity contribution in [1.29, 1.82) is 0 Å². The summed E-state index contributed by atoms with van der Waals surface area (Å²) in [6.45, 7) is 0. The maximum Gasteiger partial charge on any atom is 0.418 e. The molecule has 146 valence electrons. The molecule has 0 aliphatic heterocycles. The van der Waals surface area contributed by atoms with Crippen molar-refractivity contribution < 1.29 is 18.0 Å². The third-order valence-electron chi connectivity index (χ3n) is 4.02. The molecule has 4 rings (SSSR count). The predicted molar refractivity (Wildman–Crippen MR) is 95.7 cm³/mol. The second-order valence-corrected chi connectivity index (χ2v) is 5.92. The minimum absolute atomic E-state index is 0.00245. The molecule has 11 heteroatoms. The molecule has 0 saturated heterocycles. The minimum atomic E-state index is -4.64. The summed E-state index contributed by atoms with van der Waals surface area (Å²) in [5.41, 5.74) is -0.296. The fraction of sp³-hybridized carbons (Fsp3) is 0.0556. The molecule has 0 aliphatic rings. The number of rotatable bonds is 4. The molecule has 0 atom stereocenters. The summed E-state index contributed by atoms with van der Waals surface area (Å²) in [5, 5.41) is 13.8. The Morgan fingerprint density at radius 1 is 1.07 bits per heavy atom. The molecule has 0 spiro atoms. The van der Waals surface area contributed by atoms with Crippen molar-refractivity contribution >= 4 is 11.6 Å². The molecule has 0 saturated carbocycles. The number of amides is 1. The summed E-state index contributed by atoms with van der Waals surface area (Å²) >= 11 is 0. The topological polar surface area (TPSA) is 90.5 Å². The van der Waals surface area contributed by atoms with Crippen molar-refractivity contribution in [2.24, 2.45) is 0 Å². The largest absolute Gasteiger partial charge is 0.418 e. The van der Waals surface area contributed by atoms with Gasteiger partial charge >= 0.3 is 6.18 Å². The van der Waals surface area contributed by atoms with Crippen LogP contribution < -0.4 is 5.32 Å². The van der Waals surface area contributed by atoms with Crippen molar-refractivity contribution in [3.8, 4) is 11.4 Å². The van der Waals surface area contributed by atoms with E-state index in [-0.39, 0.29) is 16.9 Å². The smallest absolute Gasteiger partial charge is 0.322 e. The lowest BCUT2D eigenvalue weighted by atomic mass is 10.1. The van der Waals surface area contributed by atoms with Gasteiger partial charge in [-0.2, -0.15) is 18.3 Å². The van der Waals surface area contributed by atoms with Crippen LogP contribution in [0.1, 0.15) is 15.9 Å². The molecule has 0 fully saturated rings. The van der Waals surface area contributed by atoms with Gasteiger partial charge in [-0.1, -0.05) is 11.3 Å². The number of anilines is 1. The van der Waals surface area contributed by atoms with Gasteiger partial charge in [-0.15, -0.1) is 5.10 Å². The number of nitrogens with zero attached hydrogens (tertiary/aromatic N) is 6. The number of hydrogen-bond donors (Lipinski definition) is 1. The number of hydrogen-bond acceptors (Lipinski definition) is 5. The van der Waals surface area contributed by atoms with E-state index in [9.17, 15) is 18.0 Å². The standard InChI is InChI=1S/C18H12F3N7O/c19-18(20,21)15-9-13(4-5-16(15)28-11-22-10-24-28)25-17(29)12-2-1-3-14(8-12)27-7-6-23-26-27/h1-11H,(H,25,29). The average molecular weight is 399 g/mol. The minimum Gasteiger partial charge on any atom is -0.322 e. The fourth-order valence-electron chi connectivity index (χ4n) is 2.71. The van der Waals surface area contributed by atoms with Gasteiger partial charge in [-0.3, -0.25) is 4.79 Å². The van der Waals surface area contributed by atoms with Crippen LogP contribution in [0.5, 0.6) is 0 Å². The van der Waals surface area contributed by atoms with E-state index in [0.29, 0.717) is 5.69 Å². The highest BCUT2D eigenvalue weighted by Crippen LogP contribution is 2.35. The highest BCUT2D eigenvalue weighted by atomic mass is 19.4. The zero-order valence-electron chi connectivity index (χ0n) is 14.6. The van der Waals surface area contributed by atoms with Gasteiger partial charge in [-0.05, 0) is 36.4 Å². The van der Waals surface area contributed by atoms with Gasteiger partial charge < -0.3 is 5.32 Å². The number of alkyl halides is 3. The van der Waals surface area contributed by atoms with Gasteiger partial charge in [0.1, 0.15) is 12.7 Å². The molecule has 0 aliphatic carbocycles. The van der Waals surface area contributed by atoms with Crippen LogP contribution in [0.4, 0.5) is 18.9 Å². The molecule has 2 aromatic carbocycles. The quantitative estimate of drug-likeness (QED) is 0.570. The van der Waals surface area contributed by atoms with E-state index < -0.39 is 17.6 Å². The Morgan fingerprint density at radius 3 is 2.62 bits per heavy atom. The number of benzene rings is 2. The molecule has 0 unspecified atom stereocenters. The second-order valence-electron chi connectivity index (χ2n) is 5.92. The maximum absolute atomic E-state index is 13.5. The Hall–Kier alpha value is -4.02. The number of carbonyl (C=O) groups excluding carboxylic acids is 1. The SMILES string of the molecule is O=C(Nc1ccc(-n2cncn2)c(C(F)(F)F)c1)c1cccc(-n2ccnn2)c1. The molecule has 0 bridgehead atoms. The predicted octanol–water partition coefficient (Wildman–Crippen LogP) is 3.12. The first-order chi connectivity index (χ1) is 13.9. The summed E-state index contributed by atoms with van der Waals surface area (Å²) in [5.74, 6) is -0.561. The number of nitrogens with one attached hydrogen (secondary N) is 1. The molecule has 0 radical (unpaired) electrons. The first-order valence-corrected chi connectivity index (χ1v) is 8.26. The third kappa shape index (κ3) is 3.83. The molecule has 2 heterocycles. The van der Waals surface area contributed by atoms with Crippen LogP contribution in [0.15, 0.2) is 67.5 Å². The van der Waals surface area contributed by atoms with Crippen molar-refractivity contribution in [3.05, 3.63) is 78.6 Å². The van der Waals surface area contributed by atoms with E-state index in [1.54, 1.807) is 30.5 Å². The molecular weight excluding hydrogens is 387 g/mol. The average Bonchev–Trinajstić information content (AvgIpc) is 3.41. The van der Waals surface area contributed by atoms with E-state index >= 15 is 0 Å². The van der Waals surface area contributed by atoms with Crippen molar-refractivity contribution in [2.45, 2.75) is 6.18 Å². The molecule has 1 amide bonds. The Labute approximate surface area is 161 Å². The van der Waals surface area contributed by atoms with Gasteiger partial charge in [0.2, 0.25) is 0 Å². The van der Waals surface area contributed by atoms with Crippen LogP contribution >= 0.6 is 0 Å². The van der Waals surface area contributed by atoms with Crippen LogP contribution in [0.3, 0.4) is 0 Å². The Kier molecular flexibility index (Phi) is 4.55. The lowest BCUT2D eigenvalue weighted by molar-refractivity contribution is -0.137. The molecule has 1 N–H and O–H groups in total. The Balaban J connectivity index is 1.63. The lowest BCUT2D eigenvalue weighted by Crippen LogP contribution is -2.15. The van der Waals surface area contributed by atoms with Crippen LogP contribution in [-0.4, -0.2) is 35.7 Å². The van der Waals surface area contributed by atoms with Crippen LogP contribution in [0.2, 0.25) is 0 Å². The number of carbonyl (C=O) groups is 1. The van der Waals surface area contributed by atoms with E-state index in [1.807, 2.05) is 0 Å². The van der Waals surface area contributed by atoms with Crippen molar-refractivity contribution in [1.82, 2.24) is 29.8 Å². The molecule has 4 aromatic rings. The van der Waals surface area contributed by atoms with Crippen LogP contribution in [0.25, 0.3) is 11.4 Å². The van der Waals surface area contributed by atoms with Gasteiger partial charge in [0, 0.05) is 11.3 Å². The van der Waals surface area contributed by atoms with Crippen molar-refractivity contribution in [3.63, 3.8) is 0 Å². The Bertz CT molecular complexity index is 1140. The second kappa shape index (κ2) is 7.19. The molecular formula is C18H12F3N7O. The normalized spacial score (nSPS) is 11.4. The van der Waals surface area contributed by atoms with Gasteiger partial charge in [0.05, 0.1) is 29.3 Å².